The zero-order chi connectivity index (χ0) is 17.4. The lowest BCUT2D eigenvalue weighted by Gasteiger charge is -2.40. The van der Waals surface area contributed by atoms with Crippen LogP contribution in [-0.2, 0) is 16.8 Å². The van der Waals surface area contributed by atoms with E-state index in [0.717, 1.165) is 57.0 Å². The minimum atomic E-state index is 0.0817. The molecule has 1 amide bonds. The van der Waals surface area contributed by atoms with E-state index in [4.69, 9.17) is 10.5 Å². The van der Waals surface area contributed by atoms with Gasteiger partial charge in [-0.25, -0.2) is 0 Å². The number of fused-ring (bicyclic) bond motifs is 2. The van der Waals surface area contributed by atoms with E-state index < -0.39 is 0 Å². The van der Waals surface area contributed by atoms with Crippen molar-refractivity contribution in [3.63, 3.8) is 0 Å². The van der Waals surface area contributed by atoms with Gasteiger partial charge in [0.1, 0.15) is 5.75 Å². The molecule has 0 atom stereocenters. The van der Waals surface area contributed by atoms with Crippen LogP contribution in [0.15, 0.2) is 18.2 Å². The van der Waals surface area contributed by atoms with E-state index in [2.05, 4.69) is 30.0 Å². The van der Waals surface area contributed by atoms with Crippen molar-refractivity contribution in [2.45, 2.75) is 57.4 Å². The molecule has 1 aliphatic carbocycles. The van der Waals surface area contributed by atoms with Gasteiger partial charge in [0, 0.05) is 36.5 Å². The van der Waals surface area contributed by atoms with Crippen molar-refractivity contribution >= 4 is 5.91 Å². The van der Waals surface area contributed by atoms with Gasteiger partial charge in [0.2, 0.25) is 5.91 Å². The molecule has 1 saturated carbocycles. The Balaban J connectivity index is 1.43. The van der Waals surface area contributed by atoms with E-state index in [-0.39, 0.29) is 11.3 Å². The Bertz CT molecular complexity index is 641. The summed E-state index contributed by atoms with van der Waals surface area (Å²) < 4.78 is 5.97. The van der Waals surface area contributed by atoms with E-state index in [1.54, 1.807) is 0 Å². The average Bonchev–Trinajstić information content (AvgIpc) is 3.00. The number of likely N-dealkylation sites (tertiary alicyclic amines) is 1. The van der Waals surface area contributed by atoms with Crippen LogP contribution in [0.25, 0.3) is 0 Å². The molecule has 2 aliphatic heterocycles. The number of nitrogens with two attached hydrogens (primary N) is 1. The Morgan fingerprint density at radius 3 is 2.64 bits per heavy atom. The van der Waals surface area contributed by atoms with E-state index in [9.17, 15) is 4.79 Å². The number of amides is 1. The summed E-state index contributed by atoms with van der Waals surface area (Å²) in [6.07, 6.45) is 6.57. The number of benzene rings is 1. The maximum Gasteiger partial charge on any atom is 0.225 e. The van der Waals surface area contributed by atoms with Crippen molar-refractivity contribution < 1.29 is 9.53 Å². The topological polar surface area (TPSA) is 55.6 Å². The van der Waals surface area contributed by atoms with Gasteiger partial charge in [0.15, 0.2) is 0 Å². The number of ether oxygens (including phenoxy) is 1. The predicted octanol–water partition coefficient (Wildman–Crippen LogP) is 3.22. The molecule has 2 fully saturated rings. The molecular formula is C21H30N2O2. The highest BCUT2D eigenvalue weighted by molar-refractivity contribution is 5.79. The van der Waals surface area contributed by atoms with Crippen LogP contribution in [0.1, 0.15) is 56.6 Å². The van der Waals surface area contributed by atoms with E-state index >= 15 is 0 Å². The van der Waals surface area contributed by atoms with Gasteiger partial charge >= 0.3 is 0 Å². The summed E-state index contributed by atoms with van der Waals surface area (Å²) in [5.41, 5.74) is 8.38. The molecule has 2 heterocycles. The highest BCUT2D eigenvalue weighted by Gasteiger charge is 2.44. The lowest BCUT2D eigenvalue weighted by Crippen LogP contribution is -2.48. The van der Waals surface area contributed by atoms with Gasteiger partial charge in [-0.05, 0) is 56.1 Å². The monoisotopic (exact) mass is 342 g/mol. The van der Waals surface area contributed by atoms with Gasteiger partial charge in [-0.3, -0.25) is 4.79 Å². The molecule has 1 aromatic rings. The molecule has 4 heteroatoms. The first-order valence-corrected chi connectivity index (χ1v) is 9.86. The quantitative estimate of drug-likeness (QED) is 0.898. The minimum Gasteiger partial charge on any atom is -0.492 e. The minimum absolute atomic E-state index is 0.0817. The highest BCUT2D eigenvalue weighted by atomic mass is 16.5. The van der Waals surface area contributed by atoms with Crippen molar-refractivity contribution in [2.75, 3.05) is 19.7 Å². The van der Waals surface area contributed by atoms with Gasteiger partial charge in [-0.2, -0.15) is 0 Å². The number of carbonyl (C=O) groups is 1. The molecule has 1 aromatic carbocycles. The van der Waals surface area contributed by atoms with Crippen LogP contribution in [0.5, 0.6) is 5.75 Å². The van der Waals surface area contributed by atoms with E-state index in [1.807, 2.05) is 0 Å². The summed E-state index contributed by atoms with van der Waals surface area (Å²) in [4.78, 5) is 15.0. The van der Waals surface area contributed by atoms with Crippen LogP contribution in [0.3, 0.4) is 0 Å². The van der Waals surface area contributed by atoms with Crippen molar-refractivity contribution in [3.8, 4) is 5.75 Å². The van der Waals surface area contributed by atoms with E-state index in [1.165, 1.54) is 24.0 Å². The summed E-state index contributed by atoms with van der Waals surface area (Å²) in [5.74, 6) is 2.47. The van der Waals surface area contributed by atoms with Crippen molar-refractivity contribution in [3.05, 3.63) is 29.3 Å². The molecule has 136 valence electrons. The zero-order valence-corrected chi connectivity index (χ0v) is 15.3. The molecule has 0 unspecified atom stereocenters. The van der Waals surface area contributed by atoms with Crippen LogP contribution in [0, 0.1) is 11.8 Å². The molecule has 3 aliphatic rings. The first-order chi connectivity index (χ1) is 12.1. The molecule has 0 aromatic heterocycles. The Kier molecular flexibility index (Phi) is 4.48. The molecule has 4 rings (SSSR count). The third-order valence-corrected chi connectivity index (χ3v) is 6.75. The SMILES string of the molecule is C[C@H]1CC[C@H](C(=O)N2CCC3(CC2)COc2ccc(CN)cc23)CC1. The summed E-state index contributed by atoms with van der Waals surface area (Å²) in [6.45, 7) is 5.34. The second-order valence-electron chi connectivity index (χ2n) is 8.39. The lowest BCUT2D eigenvalue weighted by molar-refractivity contribution is -0.138. The molecule has 1 saturated heterocycles. The first kappa shape index (κ1) is 16.9. The van der Waals surface area contributed by atoms with Crippen molar-refractivity contribution in [1.29, 1.82) is 0 Å². The number of piperidine rings is 1. The van der Waals surface area contributed by atoms with Crippen LogP contribution in [-0.4, -0.2) is 30.5 Å². The fourth-order valence-corrected chi connectivity index (χ4v) is 4.87. The summed E-state index contributed by atoms with van der Waals surface area (Å²) in [7, 11) is 0. The molecule has 25 heavy (non-hydrogen) atoms. The van der Waals surface area contributed by atoms with Gasteiger partial charge in [0.05, 0.1) is 6.61 Å². The van der Waals surface area contributed by atoms with E-state index in [0.29, 0.717) is 12.5 Å². The van der Waals surface area contributed by atoms with Crippen molar-refractivity contribution in [2.24, 2.45) is 17.6 Å². The molecule has 0 bridgehead atoms. The Morgan fingerprint density at radius 1 is 1.24 bits per heavy atom. The Morgan fingerprint density at radius 2 is 1.96 bits per heavy atom. The molecular weight excluding hydrogens is 312 g/mol. The molecule has 0 radical (unpaired) electrons. The number of nitrogens with zero attached hydrogens (tertiary/aromatic N) is 1. The maximum absolute atomic E-state index is 12.9. The fourth-order valence-electron chi connectivity index (χ4n) is 4.87. The Hall–Kier alpha value is -1.55. The van der Waals surface area contributed by atoms with Gasteiger partial charge < -0.3 is 15.4 Å². The number of carbonyl (C=O) groups excluding carboxylic acids is 1. The van der Waals surface area contributed by atoms with Crippen LogP contribution < -0.4 is 10.5 Å². The maximum atomic E-state index is 12.9. The predicted molar refractivity (Wildman–Crippen MR) is 98.4 cm³/mol. The third-order valence-electron chi connectivity index (χ3n) is 6.75. The standard InChI is InChI=1S/C21H30N2O2/c1-15-2-5-17(6-3-15)20(24)23-10-8-21(9-11-23)14-25-19-7-4-16(13-22)12-18(19)21/h4,7,12,15,17H,2-3,5-6,8-11,13-14,22H2,1H3/t15-,17-. The number of rotatable bonds is 2. The van der Waals surface area contributed by atoms with Crippen LogP contribution in [0.4, 0.5) is 0 Å². The van der Waals surface area contributed by atoms with Crippen LogP contribution >= 0.6 is 0 Å². The van der Waals surface area contributed by atoms with Crippen molar-refractivity contribution in [1.82, 2.24) is 4.90 Å². The van der Waals surface area contributed by atoms with Gasteiger partial charge in [-0.15, -0.1) is 0 Å². The molecule has 2 N–H and O–H groups in total. The fraction of sp³-hybridized carbons (Fsp3) is 0.667. The smallest absolute Gasteiger partial charge is 0.225 e. The number of hydrogen-bond acceptors (Lipinski definition) is 3. The summed E-state index contributed by atoms with van der Waals surface area (Å²) >= 11 is 0. The summed E-state index contributed by atoms with van der Waals surface area (Å²) in [6, 6.07) is 6.34. The normalized spacial score (nSPS) is 27.8. The summed E-state index contributed by atoms with van der Waals surface area (Å²) in [5, 5.41) is 0. The second kappa shape index (κ2) is 6.64. The molecule has 1 spiro atoms. The largest absolute Gasteiger partial charge is 0.492 e. The van der Waals surface area contributed by atoms with Gasteiger partial charge in [0.25, 0.3) is 0 Å². The highest BCUT2D eigenvalue weighted by Crippen LogP contribution is 2.46. The first-order valence-electron chi connectivity index (χ1n) is 9.86. The van der Waals surface area contributed by atoms with Crippen LogP contribution in [0.2, 0.25) is 0 Å². The number of hydrogen-bond donors (Lipinski definition) is 1. The average molecular weight is 342 g/mol. The zero-order valence-electron chi connectivity index (χ0n) is 15.3. The lowest BCUT2D eigenvalue weighted by atomic mass is 9.73. The van der Waals surface area contributed by atoms with Gasteiger partial charge in [-0.1, -0.05) is 19.1 Å². The second-order valence-corrected chi connectivity index (χ2v) is 8.39. The third kappa shape index (κ3) is 3.05. The molecule has 4 nitrogen and oxygen atoms in total. The Labute approximate surface area is 150 Å².